The number of rotatable bonds is 6. The molecule has 40 heavy (non-hydrogen) atoms. The molecule has 2 saturated heterocycles. The largest absolute Gasteiger partial charge is 0.368 e. The Balaban J connectivity index is 1.03. The van der Waals surface area contributed by atoms with E-state index in [1.54, 1.807) is 11.0 Å². The van der Waals surface area contributed by atoms with Crippen molar-refractivity contribution in [3.05, 3.63) is 41.5 Å². The molecule has 6 rings (SSSR count). The van der Waals surface area contributed by atoms with Gasteiger partial charge in [-0.25, -0.2) is 4.39 Å². The molecule has 0 aromatic rings. The lowest BCUT2D eigenvalue weighted by atomic mass is 9.96. The van der Waals surface area contributed by atoms with Crippen molar-refractivity contribution in [1.82, 2.24) is 24.9 Å². The minimum atomic E-state index is -1.50. The maximum absolute atomic E-state index is 16.1. The number of carbonyl (C=O) groups is 2. The molecule has 11 nitrogen and oxygen atoms in total. The van der Waals surface area contributed by atoms with Gasteiger partial charge in [0, 0.05) is 82.8 Å². The number of likely N-dealkylation sites (tertiary alicyclic amines) is 2. The maximum atomic E-state index is 16.1. The molecule has 0 aromatic carbocycles. The highest BCUT2D eigenvalue weighted by atomic mass is 19.1. The first-order valence-corrected chi connectivity index (χ1v) is 14.4. The van der Waals surface area contributed by atoms with Crippen molar-refractivity contribution in [3.63, 3.8) is 0 Å². The quantitative estimate of drug-likeness (QED) is 0.221. The van der Waals surface area contributed by atoms with Gasteiger partial charge in [-0.1, -0.05) is 11.2 Å². The van der Waals surface area contributed by atoms with Gasteiger partial charge in [0.25, 0.3) is 5.91 Å². The van der Waals surface area contributed by atoms with Crippen LogP contribution in [0.2, 0.25) is 0 Å². The van der Waals surface area contributed by atoms with Crippen LogP contribution in [0.5, 0.6) is 0 Å². The molecule has 2 amide bonds. The van der Waals surface area contributed by atoms with E-state index >= 15 is 4.39 Å². The number of alkyl halides is 1. The Labute approximate surface area is 234 Å². The molecule has 0 spiro atoms. The molecular weight excluding hydrogens is 513 g/mol. The number of fused-ring (bicyclic) bond motifs is 1. The zero-order valence-corrected chi connectivity index (χ0v) is 23.4. The molecule has 3 aliphatic carbocycles. The summed E-state index contributed by atoms with van der Waals surface area (Å²) >= 11 is 0. The van der Waals surface area contributed by atoms with Gasteiger partial charge in [-0.15, -0.1) is 0 Å². The number of guanidine groups is 1. The molecule has 0 aromatic heterocycles. The van der Waals surface area contributed by atoms with E-state index in [-0.39, 0.29) is 23.8 Å². The van der Waals surface area contributed by atoms with Crippen molar-refractivity contribution in [3.8, 4) is 0 Å². The van der Waals surface area contributed by atoms with Crippen molar-refractivity contribution < 1.29 is 14.0 Å². The van der Waals surface area contributed by atoms with Crippen LogP contribution in [0.25, 0.3) is 0 Å². The van der Waals surface area contributed by atoms with Crippen LogP contribution in [0.3, 0.4) is 0 Å². The Hall–Kier alpha value is -3.12. The summed E-state index contributed by atoms with van der Waals surface area (Å²) in [4.78, 5) is 32.5. The highest BCUT2D eigenvalue weighted by Crippen LogP contribution is 2.60. The minimum absolute atomic E-state index is 0.0336. The standard InChI is InChI=1S/C28H39FN9O2/c1-19(39)31-16-20-17-38(25(40)24-14-23(20)24)22-4-7-28(18-27(28,29)15-22)37-10-5-21(6-11-37)32-34-33-26(30)36-9-3-8-35(2)12-13-36/h4,7,14-15,20-21H,3,5-6,8-13,16-18H2,1-2H3,(H,31,39)(H2,30,32,33)/t20-,27?,28?/m0/s1. The molecule has 1 saturated carbocycles. The van der Waals surface area contributed by atoms with Crippen molar-refractivity contribution in [2.75, 3.05) is 59.4 Å². The minimum Gasteiger partial charge on any atom is -0.368 e. The number of likely N-dealkylation sites (N-methyl/N-ethyl adjacent to an activating group) is 1. The first kappa shape index (κ1) is 27.1. The number of halogens is 1. The van der Waals surface area contributed by atoms with Gasteiger partial charge in [-0.2, -0.15) is 5.11 Å². The van der Waals surface area contributed by atoms with Crippen molar-refractivity contribution >= 4 is 17.8 Å². The van der Waals surface area contributed by atoms with Crippen molar-refractivity contribution in [2.24, 2.45) is 27.1 Å². The third-order valence-corrected chi connectivity index (χ3v) is 9.22. The van der Waals surface area contributed by atoms with E-state index in [4.69, 9.17) is 5.73 Å². The predicted molar refractivity (Wildman–Crippen MR) is 148 cm³/mol. The van der Waals surface area contributed by atoms with Crippen LogP contribution in [0, 0.1) is 12.3 Å². The first-order chi connectivity index (χ1) is 19.2. The van der Waals surface area contributed by atoms with E-state index in [0.29, 0.717) is 49.8 Å². The third-order valence-electron chi connectivity index (χ3n) is 9.22. The predicted octanol–water partition coefficient (Wildman–Crippen LogP) is 1.18. The molecule has 3 N–H and O–H groups in total. The highest BCUT2D eigenvalue weighted by Gasteiger charge is 2.71. The molecule has 3 heterocycles. The van der Waals surface area contributed by atoms with E-state index < -0.39 is 11.2 Å². The molecule has 215 valence electrons. The SMILES string of the molecule is CC(=O)NC[C@H]1CN(C2=CC3(F)CC3(N3CCC(N=N/N=C(\N)N4CCCN(C)CC4)CC3)C=C2)C(=O)C2=C1[CH]2. The molecule has 2 unspecified atom stereocenters. The normalized spacial score (nSPS) is 33.6. The summed E-state index contributed by atoms with van der Waals surface area (Å²) in [5.41, 5.74) is 6.30. The average molecular weight is 553 g/mol. The second-order valence-electron chi connectivity index (χ2n) is 12.0. The van der Waals surface area contributed by atoms with Gasteiger partial charge in [0.05, 0.1) is 11.6 Å². The fourth-order valence-electron chi connectivity index (χ4n) is 6.59. The summed E-state index contributed by atoms with van der Waals surface area (Å²) in [7, 11) is 2.11. The Morgan fingerprint density at radius 2 is 2.00 bits per heavy atom. The zero-order valence-electron chi connectivity index (χ0n) is 23.4. The topological polar surface area (TPSA) is 122 Å². The molecular formula is C28H39FN9O2. The Morgan fingerprint density at radius 3 is 2.75 bits per heavy atom. The molecule has 3 fully saturated rings. The van der Waals surface area contributed by atoms with Crippen LogP contribution in [0.1, 0.15) is 32.6 Å². The monoisotopic (exact) mass is 552 g/mol. The molecule has 6 aliphatic rings. The van der Waals surface area contributed by atoms with Gasteiger partial charge in [-0.05, 0) is 55.8 Å². The summed E-state index contributed by atoms with van der Waals surface area (Å²) in [5, 5.41) is 15.5. The number of nitrogens with one attached hydrogen (secondary N) is 1. The van der Waals surface area contributed by atoms with Crippen LogP contribution < -0.4 is 11.1 Å². The Morgan fingerprint density at radius 1 is 1.20 bits per heavy atom. The van der Waals surface area contributed by atoms with E-state index in [9.17, 15) is 9.59 Å². The fraction of sp³-hybridized carbons (Fsp3) is 0.643. The number of piperidine rings is 1. The molecule has 3 aliphatic heterocycles. The first-order valence-electron chi connectivity index (χ1n) is 14.4. The second kappa shape index (κ2) is 10.4. The van der Waals surface area contributed by atoms with Gasteiger partial charge >= 0.3 is 0 Å². The maximum Gasteiger partial charge on any atom is 0.254 e. The fourth-order valence-corrected chi connectivity index (χ4v) is 6.59. The number of carbonyl (C=O) groups excluding carboxylic acids is 2. The van der Waals surface area contributed by atoms with Crippen molar-refractivity contribution in [1.29, 1.82) is 0 Å². The summed E-state index contributed by atoms with van der Waals surface area (Å²) in [5.74, 6) is 0.258. The van der Waals surface area contributed by atoms with Gasteiger partial charge in [0.1, 0.15) is 0 Å². The summed E-state index contributed by atoms with van der Waals surface area (Å²) in [6, 6.07) is 0.0367. The molecule has 12 heteroatoms. The number of amides is 2. The molecule has 3 atom stereocenters. The average Bonchev–Trinajstić information content (AvgIpc) is 3.83. The van der Waals surface area contributed by atoms with Gasteiger partial charge in [0.2, 0.25) is 11.9 Å². The van der Waals surface area contributed by atoms with Crippen LogP contribution in [-0.2, 0) is 9.59 Å². The number of hydrogen-bond donors (Lipinski definition) is 2. The Kier molecular flexibility index (Phi) is 7.02. The van der Waals surface area contributed by atoms with Gasteiger partial charge in [0.15, 0.2) is 5.67 Å². The van der Waals surface area contributed by atoms with Gasteiger partial charge < -0.3 is 25.8 Å². The second-order valence-corrected chi connectivity index (χ2v) is 12.0. The number of hydrogen-bond acceptors (Lipinski definition) is 6. The zero-order chi connectivity index (χ0) is 28.1. The van der Waals surface area contributed by atoms with E-state index in [0.717, 1.165) is 51.0 Å². The summed E-state index contributed by atoms with van der Waals surface area (Å²) < 4.78 is 16.1. The smallest absolute Gasteiger partial charge is 0.254 e. The van der Waals surface area contributed by atoms with E-state index in [1.807, 2.05) is 18.6 Å². The number of nitrogens with two attached hydrogens (primary N) is 1. The lowest BCUT2D eigenvalue weighted by molar-refractivity contribution is -0.125. The van der Waals surface area contributed by atoms with Crippen LogP contribution in [0.4, 0.5) is 4.39 Å². The highest BCUT2D eigenvalue weighted by molar-refractivity contribution is 6.06. The summed E-state index contributed by atoms with van der Waals surface area (Å²) in [6.07, 6.45) is 10.3. The van der Waals surface area contributed by atoms with E-state index in [1.165, 1.54) is 6.92 Å². The van der Waals surface area contributed by atoms with Crippen LogP contribution >= 0.6 is 0 Å². The van der Waals surface area contributed by atoms with Gasteiger partial charge in [-0.3, -0.25) is 14.5 Å². The Bertz CT molecular complexity index is 1220. The summed E-state index contributed by atoms with van der Waals surface area (Å²) in [6.45, 7) is 7.51. The third kappa shape index (κ3) is 5.07. The number of nitrogens with zero attached hydrogens (tertiary/aromatic N) is 7. The van der Waals surface area contributed by atoms with Crippen LogP contribution in [0.15, 0.2) is 50.5 Å². The molecule has 1 radical (unpaired) electrons. The van der Waals surface area contributed by atoms with Crippen LogP contribution in [-0.4, -0.2) is 114 Å². The van der Waals surface area contributed by atoms with Crippen molar-refractivity contribution in [2.45, 2.75) is 49.9 Å². The molecule has 0 bridgehead atoms. The number of allylic oxidation sites excluding steroid dienone is 1. The lowest BCUT2D eigenvalue weighted by Crippen LogP contribution is -2.48. The lowest BCUT2D eigenvalue weighted by Gasteiger charge is -2.38. The van der Waals surface area contributed by atoms with E-state index in [2.05, 4.69) is 42.5 Å².